The van der Waals surface area contributed by atoms with Crippen LogP contribution in [-0.2, 0) is 6.61 Å². The number of hydrogen-bond donors (Lipinski definition) is 1. The highest BCUT2D eigenvalue weighted by molar-refractivity contribution is 5.55. The molecule has 0 bridgehead atoms. The van der Waals surface area contributed by atoms with Crippen molar-refractivity contribution in [3.05, 3.63) is 23.5 Å². The highest BCUT2D eigenvalue weighted by atomic mass is 16.3. The number of aromatic nitrogens is 1. The first kappa shape index (κ1) is 12.0. The van der Waals surface area contributed by atoms with E-state index in [-0.39, 0.29) is 6.61 Å². The minimum absolute atomic E-state index is 0.0938. The Kier molecular flexibility index (Phi) is 3.25. The van der Waals surface area contributed by atoms with E-state index in [0.717, 1.165) is 23.7 Å². The van der Waals surface area contributed by atoms with Gasteiger partial charge in [0.1, 0.15) is 0 Å². The molecule has 1 aromatic heterocycles. The number of rotatable bonds is 2. The number of nitrogens with zero attached hydrogens (tertiary/aromatic N) is 2. The third-order valence-corrected chi connectivity index (χ3v) is 4.57. The second kappa shape index (κ2) is 4.88. The topological polar surface area (TPSA) is 36.4 Å². The molecule has 2 heterocycles. The fraction of sp³-hybridized carbons (Fsp3) is 0.667. The second-order valence-electron chi connectivity index (χ2n) is 5.71. The highest BCUT2D eigenvalue weighted by Gasteiger charge is 2.35. The van der Waals surface area contributed by atoms with E-state index in [1.165, 1.54) is 37.8 Å². The Morgan fingerprint density at radius 1 is 1.33 bits per heavy atom. The number of aliphatic hydroxyl groups excluding tert-OH is 1. The van der Waals surface area contributed by atoms with E-state index < -0.39 is 0 Å². The average Bonchev–Trinajstić information content (AvgIpc) is 2.86. The van der Waals surface area contributed by atoms with Gasteiger partial charge in [0.05, 0.1) is 6.61 Å². The van der Waals surface area contributed by atoms with E-state index in [4.69, 9.17) is 0 Å². The fourth-order valence-electron chi connectivity index (χ4n) is 3.72. The summed E-state index contributed by atoms with van der Waals surface area (Å²) < 4.78 is 0. The fourth-order valence-corrected chi connectivity index (χ4v) is 3.72. The molecular formula is C15H22N2O. The average molecular weight is 246 g/mol. The van der Waals surface area contributed by atoms with Gasteiger partial charge in [-0.3, -0.25) is 4.98 Å². The van der Waals surface area contributed by atoms with Crippen molar-refractivity contribution >= 4 is 5.69 Å². The predicted molar refractivity (Wildman–Crippen MR) is 72.6 cm³/mol. The molecule has 1 saturated carbocycles. The van der Waals surface area contributed by atoms with Crippen molar-refractivity contribution < 1.29 is 5.11 Å². The first-order valence-electron chi connectivity index (χ1n) is 7.12. The zero-order chi connectivity index (χ0) is 12.5. The first-order chi connectivity index (χ1) is 8.79. The van der Waals surface area contributed by atoms with E-state index in [0.29, 0.717) is 6.04 Å². The van der Waals surface area contributed by atoms with Crippen LogP contribution in [0.1, 0.15) is 43.4 Å². The summed E-state index contributed by atoms with van der Waals surface area (Å²) in [7, 11) is 0. The summed E-state index contributed by atoms with van der Waals surface area (Å²) in [4.78, 5) is 6.85. The molecule has 0 aromatic carbocycles. The van der Waals surface area contributed by atoms with Gasteiger partial charge >= 0.3 is 0 Å². The van der Waals surface area contributed by atoms with Crippen LogP contribution in [0.15, 0.2) is 12.3 Å². The van der Waals surface area contributed by atoms with E-state index in [1.807, 2.05) is 13.1 Å². The molecule has 1 aliphatic carbocycles. The number of aliphatic hydroxyl groups is 1. The second-order valence-corrected chi connectivity index (χ2v) is 5.71. The Morgan fingerprint density at radius 2 is 2.17 bits per heavy atom. The van der Waals surface area contributed by atoms with E-state index >= 15 is 0 Å². The van der Waals surface area contributed by atoms with Crippen LogP contribution in [0.2, 0.25) is 0 Å². The first-order valence-corrected chi connectivity index (χ1v) is 7.12. The van der Waals surface area contributed by atoms with Crippen molar-refractivity contribution in [2.75, 3.05) is 11.4 Å². The smallest absolute Gasteiger partial charge is 0.0717 e. The number of aryl methyl sites for hydroxylation is 1. The predicted octanol–water partition coefficient (Wildman–Crippen LogP) is 2.65. The minimum atomic E-state index is 0.0938. The SMILES string of the molecule is Cc1cc(N2CCCC3CCCC32)c(CO)cn1. The van der Waals surface area contributed by atoms with Gasteiger partial charge in [0.15, 0.2) is 0 Å². The van der Waals surface area contributed by atoms with Crippen molar-refractivity contribution in [1.29, 1.82) is 0 Å². The summed E-state index contributed by atoms with van der Waals surface area (Å²) in [6.45, 7) is 3.26. The molecular weight excluding hydrogens is 224 g/mol. The van der Waals surface area contributed by atoms with Crippen molar-refractivity contribution in [3.8, 4) is 0 Å². The summed E-state index contributed by atoms with van der Waals surface area (Å²) in [5, 5.41) is 9.51. The van der Waals surface area contributed by atoms with Crippen LogP contribution in [0.3, 0.4) is 0 Å². The zero-order valence-electron chi connectivity index (χ0n) is 11.1. The van der Waals surface area contributed by atoms with Crippen LogP contribution in [-0.4, -0.2) is 22.7 Å². The van der Waals surface area contributed by atoms with Crippen molar-refractivity contribution in [3.63, 3.8) is 0 Å². The van der Waals surface area contributed by atoms with Gasteiger partial charge < -0.3 is 10.0 Å². The van der Waals surface area contributed by atoms with Gasteiger partial charge in [-0.15, -0.1) is 0 Å². The molecule has 3 rings (SSSR count). The molecule has 2 fully saturated rings. The normalized spacial score (nSPS) is 27.3. The lowest BCUT2D eigenvalue weighted by atomic mass is 9.91. The van der Waals surface area contributed by atoms with E-state index in [2.05, 4.69) is 16.0 Å². The van der Waals surface area contributed by atoms with Crippen LogP contribution in [0.5, 0.6) is 0 Å². The molecule has 1 saturated heterocycles. The molecule has 3 nitrogen and oxygen atoms in total. The maximum absolute atomic E-state index is 9.51. The van der Waals surface area contributed by atoms with Gasteiger partial charge in [-0.25, -0.2) is 0 Å². The number of anilines is 1. The summed E-state index contributed by atoms with van der Waals surface area (Å²) >= 11 is 0. The van der Waals surface area contributed by atoms with Gasteiger partial charge in [-0.05, 0) is 44.6 Å². The van der Waals surface area contributed by atoms with Crippen molar-refractivity contribution in [2.24, 2.45) is 5.92 Å². The minimum Gasteiger partial charge on any atom is -0.392 e. The lowest BCUT2D eigenvalue weighted by Gasteiger charge is -2.40. The molecule has 3 heteroatoms. The molecule has 18 heavy (non-hydrogen) atoms. The van der Waals surface area contributed by atoms with Crippen molar-refractivity contribution in [2.45, 2.75) is 51.7 Å². The Labute approximate surface area is 109 Å². The molecule has 98 valence electrons. The monoisotopic (exact) mass is 246 g/mol. The third-order valence-electron chi connectivity index (χ3n) is 4.57. The van der Waals surface area contributed by atoms with Crippen LogP contribution in [0.25, 0.3) is 0 Å². The van der Waals surface area contributed by atoms with Gasteiger partial charge in [0.2, 0.25) is 0 Å². The largest absolute Gasteiger partial charge is 0.392 e. The van der Waals surface area contributed by atoms with Crippen LogP contribution in [0, 0.1) is 12.8 Å². The molecule has 1 N–H and O–H groups in total. The Balaban J connectivity index is 1.95. The number of fused-ring (bicyclic) bond motifs is 1. The lowest BCUT2D eigenvalue weighted by molar-refractivity contribution is 0.280. The van der Waals surface area contributed by atoms with Crippen LogP contribution >= 0.6 is 0 Å². The van der Waals surface area contributed by atoms with Crippen LogP contribution < -0.4 is 4.90 Å². The van der Waals surface area contributed by atoms with Crippen molar-refractivity contribution in [1.82, 2.24) is 4.98 Å². The molecule has 0 radical (unpaired) electrons. The molecule has 2 unspecified atom stereocenters. The molecule has 0 spiro atoms. The summed E-state index contributed by atoms with van der Waals surface area (Å²) in [6.07, 6.45) is 8.58. The number of pyridine rings is 1. The van der Waals surface area contributed by atoms with E-state index in [1.54, 1.807) is 0 Å². The number of piperidine rings is 1. The van der Waals surface area contributed by atoms with Crippen LogP contribution in [0.4, 0.5) is 5.69 Å². The van der Waals surface area contributed by atoms with Gasteiger partial charge in [0.25, 0.3) is 0 Å². The number of hydrogen-bond acceptors (Lipinski definition) is 3. The van der Waals surface area contributed by atoms with Gasteiger partial charge in [-0.1, -0.05) is 6.42 Å². The Morgan fingerprint density at radius 3 is 3.00 bits per heavy atom. The quantitative estimate of drug-likeness (QED) is 0.871. The molecule has 1 aromatic rings. The molecule has 0 amide bonds. The summed E-state index contributed by atoms with van der Waals surface area (Å²) in [5.74, 6) is 0.874. The standard InChI is InChI=1S/C15H22N2O/c1-11-8-15(13(10-18)9-16-11)17-7-3-5-12-4-2-6-14(12)17/h8-9,12,14,18H,2-7,10H2,1H3. The van der Waals surface area contributed by atoms with E-state index in [9.17, 15) is 5.11 Å². The Bertz CT molecular complexity index is 433. The zero-order valence-corrected chi connectivity index (χ0v) is 11.1. The maximum atomic E-state index is 9.51. The molecule has 2 aliphatic rings. The Hall–Kier alpha value is -1.09. The third kappa shape index (κ3) is 2.01. The van der Waals surface area contributed by atoms with Gasteiger partial charge in [0, 0.05) is 35.7 Å². The highest BCUT2D eigenvalue weighted by Crippen LogP contribution is 2.40. The summed E-state index contributed by atoms with van der Waals surface area (Å²) in [5.41, 5.74) is 3.25. The van der Waals surface area contributed by atoms with Gasteiger partial charge in [-0.2, -0.15) is 0 Å². The summed E-state index contributed by atoms with van der Waals surface area (Å²) in [6, 6.07) is 2.84. The molecule has 2 atom stereocenters. The maximum Gasteiger partial charge on any atom is 0.0717 e. The lowest BCUT2D eigenvalue weighted by Crippen LogP contribution is -2.43. The molecule has 1 aliphatic heterocycles.